The molecule has 0 aromatic rings. The van der Waals surface area contributed by atoms with E-state index in [4.69, 9.17) is 5.73 Å². The zero-order chi connectivity index (χ0) is 14.7. The topological polar surface area (TPSA) is 84.2 Å². The van der Waals surface area contributed by atoms with Gasteiger partial charge in [0.1, 0.15) is 6.04 Å². The van der Waals surface area contributed by atoms with E-state index < -0.39 is 6.04 Å². The molecule has 0 saturated heterocycles. The van der Waals surface area contributed by atoms with Gasteiger partial charge in [-0.3, -0.25) is 9.59 Å². The van der Waals surface area contributed by atoms with Crippen molar-refractivity contribution in [2.24, 2.45) is 5.73 Å². The van der Waals surface area contributed by atoms with Crippen LogP contribution in [-0.2, 0) is 9.59 Å². The Morgan fingerprint density at radius 3 is 2.26 bits per heavy atom. The lowest BCUT2D eigenvalue weighted by Crippen LogP contribution is -2.52. The second-order valence-corrected chi connectivity index (χ2v) is 6.77. The van der Waals surface area contributed by atoms with E-state index in [1.54, 1.807) is 6.92 Å². The Kier molecular flexibility index (Phi) is 4.96. The third-order valence-electron chi connectivity index (χ3n) is 3.38. The second-order valence-electron chi connectivity index (χ2n) is 6.77. The fraction of sp³-hybridized carbons (Fsp3) is 0.857. The Labute approximate surface area is 115 Å². The van der Waals surface area contributed by atoms with Gasteiger partial charge in [-0.05, 0) is 40.5 Å². The minimum absolute atomic E-state index is 0.138. The van der Waals surface area contributed by atoms with Crippen molar-refractivity contribution < 1.29 is 9.59 Å². The van der Waals surface area contributed by atoms with E-state index in [1.807, 2.05) is 20.8 Å². The van der Waals surface area contributed by atoms with Gasteiger partial charge in [-0.1, -0.05) is 12.8 Å². The zero-order valence-corrected chi connectivity index (χ0v) is 12.5. The normalized spacial score (nSPS) is 19.8. The van der Waals surface area contributed by atoms with E-state index in [2.05, 4.69) is 10.6 Å². The van der Waals surface area contributed by atoms with Gasteiger partial charge in [-0.2, -0.15) is 0 Å². The molecule has 0 bridgehead atoms. The summed E-state index contributed by atoms with van der Waals surface area (Å²) in [4.78, 5) is 23.8. The maximum Gasteiger partial charge on any atom is 0.242 e. The highest BCUT2D eigenvalue weighted by Crippen LogP contribution is 2.29. The molecule has 2 amide bonds. The molecule has 0 spiro atoms. The Hall–Kier alpha value is -1.10. The average Bonchev–Trinajstić information content (AvgIpc) is 2.61. The molecule has 110 valence electrons. The molecule has 0 radical (unpaired) electrons. The molecule has 19 heavy (non-hydrogen) atoms. The first-order chi connectivity index (χ1) is 8.61. The van der Waals surface area contributed by atoms with E-state index in [1.165, 1.54) is 0 Å². The van der Waals surface area contributed by atoms with Gasteiger partial charge < -0.3 is 16.4 Å². The molecule has 1 fully saturated rings. The molecule has 5 heteroatoms. The maximum absolute atomic E-state index is 11.9. The molecule has 0 aromatic carbocycles. The predicted octanol–water partition coefficient (Wildman–Crippen LogP) is 1.07. The fourth-order valence-corrected chi connectivity index (χ4v) is 2.41. The van der Waals surface area contributed by atoms with Gasteiger partial charge in [-0.25, -0.2) is 0 Å². The van der Waals surface area contributed by atoms with Gasteiger partial charge in [0.05, 0.1) is 0 Å². The minimum atomic E-state index is -0.531. The summed E-state index contributed by atoms with van der Waals surface area (Å²) in [5, 5.41) is 5.57. The van der Waals surface area contributed by atoms with Gasteiger partial charge in [0.25, 0.3) is 0 Å². The van der Waals surface area contributed by atoms with E-state index in [0.717, 1.165) is 25.7 Å². The highest BCUT2D eigenvalue weighted by atomic mass is 16.2. The van der Waals surface area contributed by atoms with Crippen molar-refractivity contribution in [2.75, 3.05) is 0 Å². The van der Waals surface area contributed by atoms with Gasteiger partial charge in [-0.15, -0.1) is 0 Å². The summed E-state index contributed by atoms with van der Waals surface area (Å²) in [5.74, 6) is -0.306. The number of carbonyl (C=O) groups excluding carboxylic acids is 2. The van der Waals surface area contributed by atoms with Crippen molar-refractivity contribution in [1.82, 2.24) is 10.6 Å². The third kappa shape index (κ3) is 5.59. The Bertz CT molecular complexity index is 341. The highest BCUT2D eigenvalue weighted by molar-refractivity contribution is 5.88. The minimum Gasteiger partial charge on any atom is -0.350 e. The zero-order valence-electron chi connectivity index (χ0n) is 12.5. The lowest BCUT2D eigenvalue weighted by atomic mass is 9.94. The van der Waals surface area contributed by atoms with Gasteiger partial charge in [0.15, 0.2) is 0 Å². The van der Waals surface area contributed by atoms with Crippen LogP contribution in [0.2, 0.25) is 0 Å². The molecule has 0 heterocycles. The number of amides is 2. The number of rotatable bonds is 4. The quantitative estimate of drug-likeness (QED) is 0.713. The summed E-state index contributed by atoms with van der Waals surface area (Å²) in [6, 6.07) is -0.531. The van der Waals surface area contributed by atoms with Crippen molar-refractivity contribution in [3.05, 3.63) is 0 Å². The van der Waals surface area contributed by atoms with Crippen molar-refractivity contribution in [1.29, 1.82) is 0 Å². The smallest absolute Gasteiger partial charge is 0.242 e. The van der Waals surface area contributed by atoms with Crippen molar-refractivity contribution in [3.63, 3.8) is 0 Å². The molecule has 0 aromatic heterocycles. The van der Waals surface area contributed by atoms with Crippen molar-refractivity contribution >= 4 is 11.8 Å². The molecular formula is C14H27N3O2. The first kappa shape index (κ1) is 16.0. The van der Waals surface area contributed by atoms with Crippen molar-refractivity contribution in [2.45, 2.75) is 76.9 Å². The number of hydrogen-bond acceptors (Lipinski definition) is 3. The lowest BCUT2D eigenvalue weighted by molar-refractivity contribution is -0.130. The monoisotopic (exact) mass is 269 g/mol. The fourth-order valence-electron chi connectivity index (χ4n) is 2.41. The van der Waals surface area contributed by atoms with Crippen LogP contribution in [0.15, 0.2) is 0 Å². The molecular weight excluding hydrogens is 242 g/mol. The van der Waals surface area contributed by atoms with Gasteiger partial charge in [0.2, 0.25) is 11.8 Å². The highest BCUT2D eigenvalue weighted by Gasteiger charge is 2.32. The standard InChI is InChI=1S/C14H27N3O2/c1-10(12(19)17-13(2,3)4)16-11(18)9-14(15)7-5-6-8-14/h10H,5-9,15H2,1-4H3,(H,16,18)(H,17,19). The number of nitrogens with one attached hydrogen (secondary N) is 2. The summed E-state index contributed by atoms with van der Waals surface area (Å²) >= 11 is 0. The molecule has 1 saturated carbocycles. The van der Waals surface area contributed by atoms with Crippen molar-refractivity contribution in [3.8, 4) is 0 Å². The van der Waals surface area contributed by atoms with E-state index in [0.29, 0.717) is 6.42 Å². The van der Waals surface area contributed by atoms with Crippen LogP contribution in [0.5, 0.6) is 0 Å². The molecule has 1 rings (SSSR count). The van der Waals surface area contributed by atoms with Crippen LogP contribution < -0.4 is 16.4 Å². The molecule has 0 aliphatic heterocycles. The number of hydrogen-bond donors (Lipinski definition) is 3. The Morgan fingerprint density at radius 1 is 1.26 bits per heavy atom. The predicted molar refractivity (Wildman–Crippen MR) is 75.5 cm³/mol. The molecule has 1 aliphatic carbocycles. The molecule has 5 nitrogen and oxygen atoms in total. The first-order valence-corrected chi connectivity index (χ1v) is 7.02. The molecule has 1 atom stereocenters. The Morgan fingerprint density at radius 2 is 1.79 bits per heavy atom. The van der Waals surface area contributed by atoms with Crippen LogP contribution >= 0.6 is 0 Å². The van der Waals surface area contributed by atoms with E-state index in [9.17, 15) is 9.59 Å². The van der Waals surface area contributed by atoms with Crippen LogP contribution in [0, 0.1) is 0 Å². The summed E-state index contributed by atoms with van der Waals surface area (Å²) in [7, 11) is 0. The lowest BCUT2D eigenvalue weighted by Gasteiger charge is -2.26. The third-order valence-corrected chi connectivity index (χ3v) is 3.38. The van der Waals surface area contributed by atoms with Gasteiger partial charge >= 0.3 is 0 Å². The van der Waals surface area contributed by atoms with Crippen LogP contribution in [0.3, 0.4) is 0 Å². The average molecular weight is 269 g/mol. The first-order valence-electron chi connectivity index (χ1n) is 7.02. The molecule has 1 aliphatic rings. The summed E-state index contributed by atoms with van der Waals surface area (Å²) in [6.45, 7) is 7.42. The SMILES string of the molecule is CC(NC(=O)CC1(N)CCCC1)C(=O)NC(C)(C)C. The van der Waals surface area contributed by atoms with Crippen LogP contribution in [0.4, 0.5) is 0 Å². The van der Waals surface area contributed by atoms with Crippen LogP contribution in [-0.4, -0.2) is 28.9 Å². The van der Waals surface area contributed by atoms with E-state index in [-0.39, 0.29) is 22.9 Å². The largest absolute Gasteiger partial charge is 0.350 e. The van der Waals surface area contributed by atoms with Crippen LogP contribution in [0.1, 0.15) is 59.8 Å². The van der Waals surface area contributed by atoms with Crippen LogP contribution in [0.25, 0.3) is 0 Å². The summed E-state index contributed by atoms with van der Waals surface area (Å²) < 4.78 is 0. The second kappa shape index (κ2) is 5.90. The molecule has 1 unspecified atom stereocenters. The summed E-state index contributed by atoms with van der Waals surface area (Å²) in [6.07, 6.45) is 4.26. The summed E-state index contributed by atoms with van der Waals surface area (Å²) in [5.41, 5.74) is 5.49. The van der Waals surface area contributed by atoms with E-state index >= 15 is 0 Å². The molecule has 4 N–H and O–H groups in total. The number of nitrogens with two attached hydrogens (primary N) is 1. The number of carbonyl (C=O) groups is 2. The van der Waals surface area contributed by atoms with Gasteiger partial charge in [0, 0.05) is 17.5 Å². The Balaban J connectivity index is 2.41. The maximum atomic E-state index is 11.9.